The van der Waals surface area contributed by atoms with Gasteiger partial charge in [0.2, 0.25) is 0 Å². The van der Waals surface area contributed by atoms with Crippen LogP contribution < -0.4 is 4.90 Å². The molecule has 0 saturated heterocycles. The fraction of sp³-hybridized carbons (Fsp3) is 0.733. The lowest BCUT2D eigenvalue weighted by atomic mass is 9.87. The number of nitrogens with zero attached hydrogens (tertiary/aromatic N) is 2. The standard InChI is InChI=1S/C15H26N2OS/c1-10(14(2,3)4)17(8)13-16-12(15(5,6)7)11(9-18)19-13/h9-10H,1-8H3. The molecule has 108 valence electrons. The molecule has 0 aliphatic rings. The third-order valence-electron chi connectivity index (χ3n) is 3.60. The Kier molecular flexibility index (Phi) is 4.45. The predicted octanol–water partition coefficient (Wildman–Crippen LogP) is 4.12. The first-order chi connectivity index (χ1) is 8.48. The number of carbonyl (C=O) groups excluding carboxylic acids is 1. The molecule has 0 aliphatic heterocycles. The van der Waals surface area contributed by atoms with Crippen molar-refractivity contribution in [2.24, 2.45) is 5.41 Å². The van der Waals surface area contributed by atoms with Gasteiger partial charge < -0.3 is 4.90 Å². The van der Waals surface area contributed by atoms with Crippen molar-refractivity contribution in [2.75, 3.05) is 11.9 Å². The second-order valence-electron chi connectivity index (χ2n) is 7.23. The van der Waals surface area contributed by atoms with Crippen LogP contribution in [0.1, 0.15) is 63.8 Å². The number of carbonyl (C=O) groups is 1. The molecule has 0 bridgehead atoms. The van der Waals surface area contributed by atoms with E-state index in [9.17, 15) is 4.79 Å². The molecule has 0 fully saturated rings. The van der Waals surface area contributed by atoms with E-state index in [0.717, 1.165) is 22.0 Å². The molecule has 4 heteroatoms. The van der Waals surface area contributed by atoms with Gasteiger partial charge in [-0.2, -0.15) is 0 Å². The summed E-state index contributed by atoms with van der Waals surface area (Å²) in [6, 6.07) is 0.353. The second kappa shape index (κ2) is 5.23. The average molecular weight is 282 g/mol. The number of hydrogen-bond donors (Lipinski definition) is 0. The van der Waals surface area contributed by atoms with E-state index in [2.05, 4.69) is 60.4 Å². The van der Waals surface area contributed by atoms with Crippen LogP contribution in [0.2, 0.25) is 0 Å². The van der Waals surface area contributed by atoms with Crippen molar-refractivity contribution in [2.45, 2.75) is 59.9 Å². The van der Waals surface area contributed by atoms with Gasteiger partial charge in [-0.25, -0.2) is 4.98 Å². The lowest BCUT2D eigenvalue weighted by Gasteiger charge is -2.35. The van der Waals surface area contributed by atoms with E-state index in [1.54, 1.807) is 0 Å². The van der Waals surface area contributed by atoms with Crippen molar-refractivity contribution in [1.82, 2.24) is 4.98 Å². The van der Waals surface area contributed by atoms with Crippen molar-refractivity contribution in [3.8, 4) is 0 Å². The van der Waals surface area contributed by atoms with E-state index >= 15 is 0 Å². The van der Waals surface area contributed by atoms with E-state index in [1.165, 1.54) is 11.3 Å². The molecule has 1 aromatic heterocycles. The van der Waals surface area contributed by atoms with E-state index in [-0.39, 0.29) is 10.8 Å². The van der Waals surface area contributed by atoms with E-state index in [1.807, 2.05) is 0 Å². The largest absolute Gasteiger partial charge is 0.348 e. The third-order valence-corrected chi connectivity index (χ3v) is 4.67. The lowest BCUT2D eigenvalue weighted by molar-refractivity contribution is 0.112. The first-order valence-electron chi connectivity index (χ1n) is 6.67. The van der Waals surface area contributed by atoms with Gasteiger partial charge in [0.1, 0.15) is 0 Å². The van der Waals surface area contributed by atoms with Crippen molar-refractivity contribution < 1.29 is 4.79 Å². The molecular formula is C15H26N2OS. The van der Waals surface area contributed by atoms with Crippen molar-refractivity contribution >= 4 is 22.8 Å². The number of anilines is 1. The van der Waals surface area contributed by atoms with Gasteiger partial charge in [-0.05, 0) is 12.3 Å². The molecular weight excluding hydrogens is 256 g/mol. The second-order valence-corrected chi connectivity index (χ2v) is 8.24. The zero-order chi connectivity index (χ0) is 15.0. The minimum absolute atomic E-state index is 0.100. The van der Waals surface area contributed by atoms with Gasteiger partial charge in [0.05, 0.1) is 10.6 Å². The normalized spacial score (nSPS) is 14.3. The Morgan fingerprint density at radius 1 is 1.21 bits per heavy atom. The van der Waals surface area contributed by atoms with Crippen LogP contribution in [0.3, 0.4) is 0 Å². The smallest absolute Gasteiger partial charge is 0.186 e. The lowest BCUT2D eigenvalue weighted by Crippen LogP contribution is -2.39. The van der Waals surface area contributed by atoms with Crippen LogP contribution in [0.25, 0.3) is 0 Å². The molecule has 3 nitrogen and oxygen atoms in total. The van der Waals surface area contributed by atoms with Gasteiger partial charge in [0.25, 0.3) is 0 Å². The summed E-state index contributed by atoms with van der Waals surface area (Å²) in [6.07, 6.45) is 0.928. The first kappa shape index (κ1) is 16.2. The van der Waals surface area contributed by atoms with Gasteiger partial charge >= 0.3 is 0 Å². The maximum absolute atomic E-state index is 11.2. The summed E-state index contributed by atoms with van der Waals surface area (Å²) >= 11 is 1.49. The Morgan fingerprint density at radius 3 is 2.05 bits per heavy atom. The molecule has 0 spiro atoms. The van der Waals surface area contributed by atoms with Gasteiger partial charge in [-0.15, -0.1) is 0 Å². The van der Waals surface area contributed by atoms with Crippen LogP contribution in [0.15, 0.2) is 0 Å². The van der Waals surface area contributed by atoms with Crippen LogP contribution in [0, 0.1) is 5.41 Å². The maximum atomic E-state index is 11.2. The fourth-order valence-corrected chi connectivity index (χ4v) is 2.97. The zero-order valence-electron chi connectivity index (χ0n) is 13.4. The highest BCUT2D eigenvalue weighted by molar-refractivity contribution is 7.17. The average Bonchev–Trinajstić information content (AvgIpc) is 2.69. The molecule has 1 aromatic rings. The number of rotatable bonds is 3. The molecule has 1 atom stereocenters. The molecule has 0 amide bonds. The van der Waals surface area contributed by atoms with Crippen molar-refractivity contribution in [3.63, 3.8) is 0 Å². The number of aldehydes is 1. The molecule has 0 saturated carbocycles. The summed E-state index contributed by atoms with van der Waals surface area (Å²) in [6.45, 7) is 15.1. The summed E-state index contributed by atoms with van der Waals surface area (Å²) < 4.78 is 0. The topological polar surface area (TPSA) is 33.2 Å². The van der Waals surface area contributed by atoms with Crippen LogP contribution >= 0.6 is 11.3 Å². The monoisotopic (exact) mass is 282 g/mol. The number of aromatic nitrogens is 1. The SMILES string of the molecule is CC(N(C)c1nc(C(C)(C)C)c(C=O)s1)C(C)(C)C. The minimum Gasteiger partial charge on any atom is -0.348 e. The third kappa shape index (κ3) is 3.56. The highest BCUT2D eigenvalue weighted by atomic mass is 32.1. The molecule has 0 radical (unpaired) electrons. The molecule has 1 rings (SSSR count). The van der Waals surface area contributed by atoms with Gasteiger partial charge in [-0.1, -0.05) is 52.9 Å². The Hall–Kier alpha value is -0.900. The highest BCUT2D eigenvalue weighted by Crippen LogP contribution is 2.35. The van der Waals surface area contributed by atoms with Crippen LogP contribution in [0.5, 0.6) is 0 Å². The van der Waals surface area contributed by atoms with Crippen LogP contribution in [-0.2, 0) is 5.41 Å². The summed E-state index contributed by atoms with van der Waals surface area (Å²) in [5, 5.41) is 0.925. The summed E-state index contributed by atoms with van der Waals surface area (Å²) in [7, 11) is 2.05. The Bertz CT molecular complexity index is 452. The molecule has 0 aliphatic carbocycles. The number of hydrogen-bond acceptors (Lipinski definition) is 4. The highest BCUT2D eigenvalue weighted by Gasteiger charge is 2.29. The quantitative estimate of drug-likeness (QED) is 0.782. The van der Waals surface area contributed by atoms with E-state index in [4.69, 9.17) is 4.98 Å². The Morgan fingerprint density at radius 2 is 1.74 bits per heavy atom. The Labute approximate surface area is 121 Å². The summed E-state index contributed by atoms with van der Waals surface area (Å²) in [5.74, 6) is 0. The summed E-state index contributed by atoms with van der Waals surface area (Å²) in [4.78, 5) is 18.8. The molecule has 0 aromatic carbocycles. The van der Waals surface area contributed by atoms with E-state index < -0.39 is 0 Å². The first-order valence-corrected chi connectivity index (χ1v) is 7.49. The zero-order valence-corrected chi connectivity index (χ0v) is 14.2. The van der Waals surface area contributed by atoms with Crippen LogP contribution in [0.4, 0.5) is 5.13 Å². The molecule has 0 N–H and O–H groups in total. The molecule has 1 unspecified atom stereocenters. The fourth-order valence-electron chi connectivity index (χ4n) is 1.83. The number of thiazole rings is 1. The van der Waals surface area contributed by atoms with Gasteiger partial charge in [0.15, 0.2) is 11.4 Å². The summed E-state index contributed by atoms with van der Waals surface area (Å²) in [5.41, 5.74) is 0.968. The maximum Gasteiger partial charge on any atom is 0.186 e. The van der Waals surface area contributed by atoms with Crippen LogP contribution in [-0.4, -0.2) is 24.4 Å². The van der Waals surface area contributed by atoms with Crippen molar-refractivity contribution in [1.29, 1.82) is 0 Å². The van der Waals surface area contributed by atoms with Gasteiger partial charge in [0, 0.05) is 18.5 Å². The van der Waals surface area contributed by atoms with E-state index in [0.29, 0.717) is 6.04 Å². The van der Waals surface area contributed by atoms with Gasteiger partial charge in [-0.3, -0.25) is 4.79 Å². The Balaban J connectivity index is 3.17. The van der Waals surface area contributed by atoms with Crippen molar-refractivity contribution in [3.05, 3.63) is 10.6 Å². The predicted molar refractivity (Wildman–Crippen MR) is 83.5 cm³/mol. The molecule has 1 heterocycles. The minimum atomic E-state index is -0.100. The molecule has 19 heavy (non-hydrogen) atoms.